The summed E-state index contributed by atoms with van der Waals surface area (Å²) in [6, 6.07) is 83.9. The molecule has 0 radical (unpaired) electrons. The zero-order valence-corrected chi connectivity index (χ0v) is 46.6. The zero-order chi connectivity index (χ0) is 53.5. The van der Waals surface area contributed by atoms with E-state index >= 15 is 0 Å². The average Bonchev–Trinajstić information content (AvgIpc) is 3.15. The highest BCUT2D eigenvalue weighted by atomic mass is 32.2. The molecule has 17 rings (SSSR count). The van der Waals surface area contributed by atoms with Crippen LogP contribution in [0.5, 0.6) is 0 Å². The molecule has 0 spiro atoms. The molecule has 13 aromatic rings. The largest absolute Gasteiger partial charge is 0.356 e. The lowest BCUT2D eigenvalue weighted by Crippen LogP contribution is -2.64. The number of hydrogen-bond acceptors (Lipinski definition) is 4. The molecule has 0 saturated heterocycles. The topological polar surface area (TPSA) is 18.5 Å². The normalized spacial score (nSPS) is 14.1. The van der Waals surface area contributed by atoms with Gasteiger partial charge in [-0.3, -0.25) is 0 Å². The number of hydrogen-bond donors (Lipinski definition) is 1. The number of rotatable bonds is 2. The predicted molar refractivity (Wildman–Crippen MR) is 348 cm³/mol. The second-order valence-electron chi connectivity index (χ2n) is 24.9. The van der Waals surface area contributed by atoms with Crippen LogP contribution in [0.15, 0.2) is 228 Å². The van der Waals surface area contributed by atoms with Gasteiger partial charge in [-0.25, -0.2) is 0 Å². The molecule has 0 bridgehead atoms. The first-order valence-electron chi connectivity index (χ1n) is 28.4. The van der Waals surface area contributed by atoms with Crippen LogP contribution in [0.2, 0.25) is 0 Å². The Morgan fingerprint density at radius 3 is 1.30 bits per heavy atom. The van der Waals surface area contributed by atoms with Crippen LogP contribution in [0.3, 0.4) is 0 Å². The Hall–Kier alpha value is -8.70. The van der Waals surface area contributed by atoms with Gasteiger partial charge in [0.05, 0.1) is 0 Å². The predicted octanol–water partition coefficient (Wildman–Crippen LogP) is 16.3. The molecular weight excluding hydrogens is 985 g/mol. The third-order valence-corrected chi connectivity index (χ3v) is 19.5. The molecule has 0 atom stereocenters. The Morgan fingerprint density at radius 1 is 0.312 bits per heavy atom. The minimum absolute atomic E-state index is 0.0243. The number of para-hydroxylation sites is 1. The highest BCUT2D eigenvalue weighted by molar-refractivity contribution is 8.00. The minimum atomic E-state index is -0.124. The molecule has 80 heavy (non-hydrogen) atoms. The van der Waals surface area contributed by atoms with Gasteiger partial charge in [0.25, 0.3) is 6.71 Å². The molecule has 0 saturated carbocycles. The van der Waals surface area contributed by atoms with Crippen molar-refractivity contribution in [2.45, 2.75) is 62.2 Å². The highest BCUT2D eigenvalue weighted by Crippen LogP contribution is 2.49. The molecule has 0 aliphatic carbocycles. The van der Waals surface area contributed by atoms with E-state index < -0.39 is 0 Å². The summed E-state index contributed by atoms with van der Waals surface area (Å²) in [6.45, 7) is 14.1. The molecule has 6 heteroatoms. The average molecular weight is 1040 g/mol. The summed E-state index contributed by atoms with van der Waals surface area (Å²) in [5, 5.41) is 19.6. The van der Waals surface area contributed by atoms with Crippen molar-refractivity contribution in [2.75, 3.05) is 15.1 Å². The molecule has 13 aromatic carbocycles. The first kappa shape index (κ1) is 46.2. The van der Waals surface area contributed by atoms with Crippen molar-refractivity contribution >= 4 is 168 Å². The van der Waals surface area contributed by atoms with Crippen LogP contribution in [0.25, 0.3) is 64.6 Å². The molecule has 4 heterocycles. The van der Waals surface area contributed by atoms with E-state index in [1.54, 1.807) is 0 Å². The van der Waals surface area contributed by atoms with E-state index in [2.05, 4.69) is 275 Å². The minimum Gasteiger partial charge on any atom is -0.356 e. The van der Waals surface area contributed by atoms with Gasteiger partial charge in [-0.05, 0) is 181 Å². The van der Waals surface area contributed by atoms with Gasteiger partial charge in [0.15, 0.2) is 0 Å². The Balaban J connectivity index is 0.931. The highest BCUT2D eigenvalue weighted by Gasteiger charge is 2.46. The van der Waals surface area contributed by atoms with Crippen LogP contribution in [0.4, 0.5) is 45.5 Å². The summed E-state index contributed by atoms with van der Waals surface area (Å²) in [4.78, 5) is 7.89. The summed E-state index contributed by atoms with van der Waals surface area (Å²) in [5.74, 6) is 0. The lowest BCUT2D eigenvalue weighted by Gasteiger charge is -2.44. The van der Waals surface area contributed by atoms with Gasteiger partial charge < -0.3 is 15.1 Å². The molecule has 0 unspecified atom stereocenters. The van der Waals surface area contributed by atoms with Crippen LogP contribution >= 0.6 is 11.8 Å². The van der Waals surface area contributed by atoms with Crippen LogP contribution in [0.1, 0.15) is 52.7 Å². The van der Waals surface area contributed by atoms with Gasteiger partial charge in [0.2, 0.25) is 6.71 Å². The zero-order valence-electron chi connectivity index (χ0n) is 45.7. The maximum absolute atomic E-state index is 4.24. The number of benzene rings is 13. The van der Waals surface area contributed by atoms with Crippen LogP contribution in [-0.4, -0.2) is 13.4 Å². The fourth-order valence-corrected chi connectivity index (χ4v) is 15.7. The molecule has 0 fully saturated rings. The van der Waals surface area contributed by atoms with Crippen LogP contribution in [0, 0.1) is 0 Å². The molecule has 0 aromatic heterocycles. The Kier molecular flexibility index (Phi) is 9.50. The monoisotopic (exact) mass is 1040 g/mol. The quantitative estimate of drug-likeness (QED) is 0.137. The van der Waals surface area contributed by atoms with Crippen molar-refractivity contribution in [3.8, 4) is 0 Å². The first-order valence-corrected chi connectivity index (χ1v) is 29.2. The van der Waals surface area contributed by atoms with E-state index in [0.29, 0.717) is 0 Å². The van der Waals surface area contributed by atoms with E-state index in [4.69, 9.17) is 0 Å². The summed E-state index contributed by atoms with van der Waals surface area (Å²) in [6.07, 6.45) is 0. The Labute approximate surface area is 472 Å². The maximum Gasteiger partial charge on any atom is 0.252 e. The summed E-state index contributed by atoms with van der Waals surface area (Å²) in [5.41, 5.74) is 20.1. The fraction of sp³-hybridized carbons (Fsp3) is 0.108. The van der Waals surface area contributed by atoms with E-state index in [1.807, 2.05) is 11.8 Å². The van der Waals surface area contributed by atoms with Gasteiger partial charge in [-0.2, -0.15) is 0 Å². The van der Waals surface area contributed by atoms with Gasteiger partial charge in [-0.15, -0.1) is 0 Å². The van der Waals surface area contributed by atoms with Crippen molar-refractivity contribution in [1.29, 1.82) is 0 Å². The molecule has 378 valence electrons. The third kappa shape index (κ3) is 6.48. The van der Waals surface area contributed by atoms with Crippen molar-refractivity contribution < 1.29 is 0 Å². The molecule has 0 amide bonds. The summed E-state index contributed by atoms with van der Waals surface area (Å²) >= 11 is 1.94. The van der Waals surface area contributed by atoms with Gasteiger partial charge in [0.1, 0.15) is 0 Å². The van der Waals surface area contributed by atoms with Crippen molar-refractivity contribution in [3.05, 3.63) is 230 Å². The lowest BCUT2D eigenvalue weighted by molar-refractivity contribution is 0.589. The second-order valence-corrected chi connectivity index (χ2v) is 25.9. The SMILES string of the molecule is CC(C)(C)c1cc2c3c(c1)N(c1ccc4c5ccccc5c5ccccc5c4c1)c1ccccc1B3c1cc3c(cc1N2)N(c1ccc2c4ccccc4c4ccccc4c2c1)c1cc(C(C)(C)C)cc2c1B3c1ccccc1S2. The molecular formula is C74H55B2N3S. The van der Waals surface area contributed by atoms with E-state index in [9.17, 15) is 0 Å². The fourth-order valence-electron chi connectivity index (χ4n) is 14.5. The molecule has 1 N–H and O–H groups in total. The van der Waals surface area contributed by atoms with Gasteiger partial charge >= 0.3 is 0 Å². The maximum atomic E-state index is 4.24. The second kappa shape index (κ2) is 16.4. The summed E-state index contributed by atoms with van der Waals surface area (Å²) in [7, 11) is 0. The lowest BCUT2D eigenvalue weighted by atomic mass is 9.31. The molecule has 3 nitrogen and oxygen atoms in total. The van der Waals surface area contributed by atoms with E-state index in [0.717, 1.165) is 17.1 Å². The van der Waals surface area contributed by atoms with Crippen LogP contribution in [-0.2, 0) is 10.8 Å². The van der Waals surface area contributed by atoms with E-state index in [-0.39, 0.29) is 24.3 Å². The van der Waals surface area contributed by atoms with Crippen molar-refractivity contribution in [3.63, 3.8) is 0 Å². The Morgan fingerprint density at radius 2 is 0.750 bits per heavy atom. The van der Waals surface area contributed by atoms with Crippen LogP contribution < -0.4 is 47.9 Å². The standard InChI is InChI=1S/C74H55B2N3S/c1-73(2,3)43-35-64-71-67(36-43)78(45-31-33-55-51-23-9-7-19-47(51)49-21-11-13-25-53(49)57(55)39-45)65-29-17-15-27-59(65)75(71)61-41-62-66(42-63(61)77-64)79(46-32-34-56-52-24-10-8-20-48(52)50-22-12-14-26-54(50)58(56)40-46)68-37-44(74(4,5)6)38-70-72(68)76(62)60-28-16-18-30-69(60)80-70/h7-42,77H,1-6H3. The summed E-state index contributed by atoms with van der Waals surface area (Å²) < 4.78 is 0. The number of fused-ring (bicyclic) bond motifs is 20. The van der Waals surface area contributed by atoms with Gasteiger partial charge in [0, 0.05) is 55.3 Å². The molecule has 4 aliphatic heterocycles. The number of nitrogens with one attached hydrogen (secondary N) is 1. The smallest absolute Gasteiger partial charge is 0.252 e. The number of anilines is 8. The first-order chi connectivity index (χ1) is 38.9. The third-order valence-electron chi connectivity index (χ3n) is 18.3. The molecule has 4 aliphatic rings. The van der Waals surface area contributed by atoms with Crippen molar-refractivity contribution in [1.82, 2.24) is 0 Å². The Bertz CT molecular complexity index is 4840. The van der Waals surface area contributed by atoms with Crippen molar-refractivity contribution in [2.24, 2.45) is 0 Å². The van der Waals surface area contributed by atoms with E-state index in [1.165, 1.54) is 147 Å². The van der Waals surface area contributed by atoms with Gasteiger partial charge in [-0.1, -0.05) is 210 Å². The number of nitrogens with zero attached hydrogens (tertiary/aromatic N) is 2.